The summed E-state index contributed by atoms with van der Waals surface area (Å²) in [4.78, 5) is 0. The average molecular weight is 142 g/mol. The Hall–Kier alpha value is -0.975. The summed E-state index contributed by atoms with van der Waals surface area (Å²) in [5.41, 5.74) is 5.57. The Morgan fingerprint density at radius 1 is 1.27 bits per heavy atom. The molecule has 2 aliphatic carbocycles. The van der Waals surface area contributed by atoms with Gasteiger partial charge >= 0.3 is 0 Å². The van der Waals surface area contributed by atoms with Gasteiger partial charge in [-0.1, -0.05) is 35.9 Å². The highest BCUT2D eigenvalue weighted by atomic mass is 14.2. The first kappa shape index (κ1) is 6.72. The Morgan fingerprint density at radius 2 is 2.00 bits per heavy atom. The number of rotatable bonds is 1. The van der Waals surface area contributed by atoms with Crippen molar-refractivity contribution in [2.45, 2.75) is 12.8 Å². The summed E-state index contributed by atoms with van der Waals surface area (Å²) in [6, 6.07) is 0. The molecule has 0 aromatic heterocycles. The zero-order valence-corrected chi connectivity index (χ0v) is 6.85. The fourth-order valence-electron chi connectivity index (χ4n) is 1.39. The summed E-state index contributed by atoms with van der Waals surface area (Å²) in [6.07, 6.45) is 8.96. The van der Waals surface area contributed by atoms with Crippen molar-refractivity contribution in [3.63, 3.8) is 0 Å². The van der Waals surface area contributed by atoms with Gasteiger partial charge in [-0.2, -0.15) is 0 Å². The highest BCUT2D eigenvalue weighted by Gasteiger charge is 2.16. The molecule has 0 N–H and O–H groups in total. The molecule has 2 aliphatic rings. The second-order valence-electron chi connectivity index (χ2n) is 3.24. The quantitative estimate of drug-likeness (QED) is 0.489. The summed E-state index contributed by atoms with van der Waals surface area (Å²) in [5.74, 6) is 0. The second kappa shape index (κ2) is 2.26. The summed E-state index contributed by atoms with van der Waals surface area (Å²) in [6.45, 7) is 3.96. The summed E-state index contributed by atoms with van der Waals surface area (Å²) in [7, 11) is 2.18. The van der Waals surface area contributed by atoms with Crippen molar-refractivity contribution in [3.8, 4) is 0 Å². The van der Waals surface area contributed by atoms with Crippen molar-refractivity contribution in [1.29, 1.82) is 0 Å². The lowest BCUT2D eigenvalue weighted by atomic mass is 9.81. The Morgan fingerprint density at radius 3 is 2.64 bits per heavy atom. The van der Waals surface area contributed by atoms with Gasteiger partial charge in [0.1, 0.15) is 7.85 Å². The van der Waals surface area contributed by atoms with E-state index in [4.69, 9.17) is 0 Å². The van der Waals surface area contributed by atoms with Crippen LogP contribution in [0.4, 0.5) is 0 Å². The maximum Gasteiger partial charge on any atom is 0.139 e. The van der Waals surface area contributed by atoms with E-state index in [1.807, 2.05) is 0 Å². The van der Waals surface area contributed by atoms with Crippen molar-refractivity contribution >= 4 is 7.85 Å². The molecule has 0 amide bonds. The predicted octanol–water partition coefficient (Wildman–Crippen LogP) is 1.72. The third kappa shape index (κ3) is 1.23. The highest BCUT2D eigenvalue weighted by Crippen LogP contribution is 2.34. The second-order valence-corrected chi connectivity index (χ2v) is 3.24. The molecular formula is C10H11B. The molecule has 0 aliphatic heterocycles. The minimum Gasteiger partial charge on any atom is -0.0955 e. The highest BCUT2D eigenvalue weighted by molar-refractivity contribution is 6.25. The smallest absolute Gasteiger partial charge is 0.0955 e. The zero-order valence-electron chi connectivity index (χ0n) is 6.85. The van der Waals surface area contributed by atoms with Gasteiger partial charge in [-0.15, -0.1) is 0 Å². The minimum atomic E-state index is 1.03. The maximum atomic E-state index is 3.96. The van der Waals surface area contributed by atoms with E-state index in [1.165, 1.54) is 28.6 Å². The van der Waals surface area contributed by atoms with Gasteiger partial charge in [0.2, 0.25) is 0 Å². The number of allylic oxidation sites excluding steroid dienone is 7. The van der Waals surface area contributed by atoms with Crippen molar-refractivity contribution in [3.05, 3.63) is 47.0 Å². The third-order valence-electron chi connectivity index (χ3n) is 2.20. The Labute approximate surface area is 68.4 Å². The molecule has 2 rings (SSSR count). The first-order valence-electron chi connectivity index (χ1n) is 4.03. The lowest BCUT2D eigenvalue weighted by Gasteiger charge is -2.11. The summed E-state index contributed by atoms with van der Waals surface area (Å²) >= 11 is 0. The standard InChI is InChI=1S/C10H11B/c1-7-2-5-10(11)9(6-7)8-3-4-8/h3,5-6H,1-2,4,11H2. The summed E-state index contributed by atoms with van der Waals surface area (Å²) in [5, 5.41) is 0. The molecule has 0 radical (unpaired) electrons. The lowest BCUT2D eigenvalue weighted by molar-refractivity contribution is 1.23. The molecule has 0 spiro atoms. The van der Waals surface area contributed by atoms with E-state index in [9.17, 15) is 0 Å². The van der Waals surface area contributed by atoms with Crippen LogP contribution in [0.25, 0.3) is 0 Å². The number of hydrogen-bond acceptors (Lipinski definition) is 0. The Bertz CT molecular complexity index is 303. The van der Waals surface area contributed by atoms with Gasteiger partial charge in [0, 0.05) is 0 Å². The largest absolute Gasteiger partial charge is 0.139 e. The molecule has 0 saturated carbocycles. The van der Waals surface area contributed by atoms with Crippen molar-refractivity contribution < 1.29 is 0 Å². The Balaban J connectivity index is 2.33. The van der Waals surface area contributed by atoms with Crippen molar-refractivity contribution in [2.24, 2.45) is 0 Å². The fraction of sp³-hybridized carbons (Fsp3) is 0.200. The summed E-state index contributed by atoms with van der Waals surface area (Å²) < 4.78 is 0. The van der Waals surface area contributed by atoms with Crippen LogP contribution in [0.3, 0.4) is 0 Å². The van der Waals surface area contributed by atoms with Crippen molar-refractivity contribution in [2.75, 3.05) is 0 Å². The molecule has 11 heavy (non-hydrogen) atoms. The van der Waals surface area contributed by atoms with E-state index in [1.54, 1.807) is 0 Å². The first-order chi connectivity index (χ1) is 5.27. The van der Waals surface area contributed by atoms with Gasteiger partial charge in [-0.3, -0.25) is 0 Å². The van der Waals surface area contributed by atoms with Crippen LogP contribution in [0.1, 0.15) is 12.8 Å². The van der Waals surface area contributed by atoms with E-state index < -0.39 is 0 Å². The van der Waals surface area contributed by atoms with Crippen LogP contribution >= 0.6 is 0 Å². The first-order valence-corrected chi connectivity index (χ1v) is 4.03. The molecule has 0 unspecified atom stereocenters. The van der Waals surface area contributed by atoms with Crippen LogP contribution in [0.2, 0.25) is 0 Å². The van der Waals surface area contributed by atoms with Crippen LogP contribution in [-0.4, -0.2) is 7.85 Å². The van der Waals surface area contributed by atoms with E-state index in [0.717, 1.165) is 6.42 Å². The molecule has 0 fully saturated rings. The predicted molar refractivity (Wildman–Crippen MR) is 51.2 cm³/mol. The molecular weight excluding hydrogens is 131 g/mol. The molecule has 1 heteroatoms. The third-order valence-corrected chi connectivity index (χ3v) is 2.20. The van der Waals surface area contributed by atoms with Gasteiger partial charge < -0.3 is 0 Å². The van der Waals surface area contributed by atoms with Crippen LogP contribution in [0.5, 0.6) is 0 Å². The zero-order chi connectivity index (χ0) is 7.84. The van der Waals surface area contributed by atoms with E-state index in [-0.39, 0.29) is 0 Å². The van der Waals surface area contributed by atoms with Gasteiger partial charge in [0.25, 0.3) is 0 Å². The average Bonchev–Trinajstić information content (AvgIpc) is 2.76. The SMILES string of the molecule is BC1=CCC(=C)C=C1C1=CC1. The van der Waals surface area contributed by atoms with Gasteiger partial charge in [0.15, 0.2) is 0 Å². The van der Waals surface area contributed by atoms with Crippen LogP contribution in [-0.2, 0) is 0 Å². The molecule has 0 nitrogen and oxygen atoms in total. The molecule has 0 aromatic carbocycles. The van der Waals surface area contributed by atoms with E-state index in [0.29, 0.717) is 0 Å². The van der Waals surface area contributed by atoms with Gasteiger partial charge in [-0.05, 0) is 24.0 Å². The normalized spacial score (nSPS) is 22.2. The van der Waals surface area contributed by atoms with Crippen LogP contribution in [0.15, 0.2) is 47.0 Å². The number of hydrogen-bond donors (Lipinski definition) is 0. The molecule has 0 heterocycles. The molecule has 0 aromatic rings. The molecule has 0 atom stereocenters. The van der Waals surface area contributed by atoms with E-state index >= 15 is 0 Å². The van der Waals surface area contributed by atoms with Gasteiger partial charge in [-0.25, -0.2) is 0 Å². The maximum absolute atomic E-state index is 3.96. The molecule has 0 bridgehead atoms. The fourth-order valence-corrected chi connectivity index (χ4v) is 1.39. The molecule has 54 valence electrons. The Kier molecular flexibility index (Phi) is 1.38. The van der Waals surface area contributed by atoms with Crippen LogP contribution in [0, 0.1) is 0 Å². The lowest BCUT2D eigenvalue weighted by Crippen LogP contribution is -1.94. The topological polar surface area (TPSA) is 0 Å². The van der Waals surface area contributed by atoms with Gasteiger partial charge in [0.05, 0.1) is 0 Å². The minimum absolute atomic E-state index is 1.03. The van der Waals surface area contributed by atoms with Crippen LogP contribution < -0.4 is 0 Å². The monoisotopic (exact) mass is 142 g/mol. The van der Waals surface area contributed by atoms with E-state index in [2.05, 4.69) is 32.7 Å². The van der Waals surface area contributed by atoms with Crippen molar-refractivity contribution in [1.82, 2.24) is 0 Å². The molecule has 0 saturated heterocycles.